The Kier molecular flexibility index (Phi) is 4.43. The number of benzene rings is 1. The first-order valence-electron chi connectivity index (χ1n) is 10.5. The van der Waals surface area contributed by atoms with Crippen molar-refractivity contribution in [2.75, 3.05) is 18.1 Å². The van der Waals surface area contributed by atoms with Crippen LogP contribution in [0.3, 0.4) is 0 Å². The highest BCUT2D eigenvalue weighted by atomic mass is 32.2. The lowest BCUT2D eigenvalue weighted by molar-refractivity contribution is -0.140. The van der Waals surface area contributed by atoms with E-state index in [2.05, 4.69) is 5.32 Å². The Bertz CT molecular complexity index is 1030. The predicted molar refractivity (Wildman–Crippen MR) is 108 cm³/mol. The summed E-state index contributed by atoms with van der Waals surface area (Å²) in [6.07, 6.45) is 4.22. The summed E-state index contributed by atoms with van der Waals surface area (Å²) >= 11 is 0. The monoisotopic (exact) mass is 431 g/mol. The Morgan fingerprint density at radius 3 is 2.63 bits per heavy atom. The number of fused-ring (bicyclic) bond motifs is 2. The SMILES string of the molecule is O=C1N[C@]2(CCCc3ccccc32)C(=O)N1CC(=O)N(C1CC1)[C@@H]1CCS(=O)(=O)C1. The maximum Gasteiger partial charge on any atom is 0.325 e. The van der Waals surface area contributed by atoms with Crippen molar-refractivity contribution < 1.29 is 22.8 Å². The van der Waals surface area contributed by atoms with Gasteiger partial charge in [0.15, 0.2) is 9.84 Å². The molecule has 2 aliphatic carbocycles. The van der Waals surface area contributed by atoms with Crippen molar-refractivity contribution in [3.05, 3.63) is 35.4 Å². The standard InChI is InChI=1S/C21H25N3O5S/c25-18(24(15-7-8-15)16-9-11-30(28,29)13-16)12-23-19(26)21(22-20(23)27)10-3-5-14-4-1-2-6-17(14)21/h1-2,4,6,15-16H,3,5,7-13H2,(H,22,27)/t16-,21+/m1/s1. The second kappa shape index (κ2) is 6.80. The van der Waals surface area contributed by atoms with Gasteiger partial charge in [-0.2, -0.15) is 0 Å². The highest BCUT2D eigenvalue weighted by molar-refractivity contribution is 7.91. The summed E-state index contributed by atoms with van der Waals surface area (Å²) in [7, 11) is -3.14. The summed E-state index contributed by atoms with van der Waals surface area (Å²) in [5, 5.41) is 2.87. The number of carbonyl (C=O) groups excluding carboxylic acids is 3. The van der Waals surface area contributed by atoms with E-state index in [0.717, 1.165) is 41.7 Å². The predicted octanol–water partition coefficient (Wildman–Crippen LogP) is 0.948. The molecule has 8 nitrogen and oxygen atoms in total. The highest BCUT2D eigenvalue weighted by Crippen LogP contribution is 2.40. The number of urea groups is 1. The van der Waals surface area contributed by atoms with Gasteiger partial charge in [-0.25, -0.2) is 13.2 Å². The molecule has 1 N–H and O–H groups in total. The van der Waals surface area contributed by atoms with Crippen molar-refractivity contribution in [2.45, 2.75) is 56.1 Å². The van der Waals surface area contributed by atoms with Crippen molar-refractivity contribution in [1.82, 2.24) is 15.1 Å². The van der Waals surface area contributed by atoms with Crippen LogP contribution in [0.4, 0.5) is 4.79 Å². The van der Waals surface area contributed by atoms with Crippen LogP contribution in [0.15, 0.2) is 24.3 Å². The third-order valence-electron chi connectivity index (χ3n) is 6.77. The van der Waals surface area contributed by atoms with Crippen LogP contribution in [0, 0.1) is 0 Å². The van der Waals surface area contributed by atoms with E-state index in [4.69, 9.17) is 0 Å². The normalized spacial score (nSPS) is 29.7. The molecule has 5 rings (SSSR count). The van der Waals surface area contributed by atoms with Crippen LogP contribution in [-0.2, 0) is 31.4 Å². The lowest BCUT2D eigenvalue weighted by Crippen LogP contribution is -2.50. The van der Waals surface area contributed by atoms with E-state index < -0.39 is 21.4 Å². The fourth-order valence-electron chi connectivity index (χ4n) is 5.22. The minimum atomic E-state index is -3.14. The van der Waals surface area contributed by atoms with E-state index in [9.17, 15) is 22.8 Å². The smallest absolute Gasteiger partial charge is 0.325 e. The van der Waals surface area contributed by atoms with Crippen LogP contribution in [0.1, 0.15) is 43.2 Å². The van der Waals surface area contributed by atoms with Gasteiger partial charge in [0.05, 0.1) is 11.5 Å². The zero-order chi connectivity index (χ0) is 21.1. The van der Waals surface area contributed by atoms with Gasteiger partial charge in [-0.3, -0.25) is 14.5 Å². The molecule has 9 heteroatoms. The maximum atomic E-state index is 13.4. The van der Waals surface area contributed by atoms with Crippen LogP contribution in [0.2, 0.25) is 0 Å². The fourth-order valence-corrected chi connectivity index (χ4v) is 6.94. The third-order valence-corrected chi connectivity index (χ3v) is 8.52. The number of rotatable bonds is 4. The number of sulfone groups is 1. The molecule has 0 bridgehead atoms. The van der Waals surface area contributed by atoms with Crippen molar-refractivity contribution >= 4 is 27.7 Å². The molecule has 3 fully saturated rings. The molecule has 1 aromatic rings. The second-order valence-electron chi connectivity index (χ2n) is 8.83. The molecule has 30 heavy (non-hydrogen) atoms. The molecule has 0 radical (unpaired) electrons. The van der Waals surface area contributed by atoms with Gasteiger partial charge in [0.2, 0.25) is 5.91 Å². The topological polar surface area (TPSA) is 104 Å². The molecule has 4 aliphatic rings. The Labute approximate surface area is 175 Å². The summed E-state index contributed by atoms with van der Waals surface area (Å²) in [5.74, 6) is -0.684. The highest BCUT2D eigenvalue weighted by Gasteiger charge is 2.55. The lowest BCUT2D eigenvalue weighted by atomic mass is 9.76. The minimum absolute atomic E-state index is 0.0148. The summed E-state index contributed by atoms with van der Waals surface area (Å²) in [6.45, 7) is -0.346. The zero-order valence-electron chi connectivity index (χ0n) is 16.7. The largest absolute Gasteiger partial charge is 0.334 e. The summed E-state index contributed by atoms with van der Waals surface area (Å²) in [6, 6.07) is 6.72. The Balaban J connectivity index is 1.39. The summed E-state index contributed by atoms with van der Waals surface area (Å²) < 4.78 is 23.8. The molecule has 2 saturated heterocycles. The van der Waals surface area contributed by atoms with Gasteiger partial charge in [-0.15, -0.1) is 0 Å². The number of aryl methyl sites for hydroxylation is 1. The van der Waals surface area contributed by atoms with Gasteiger partial charge in [0.1, 0.15) is 12.1 Å². The van der Waals surface area contributed by atoms with Gasteiger partial charge in [-0.1, -0.05) is 24.3 Å². The number of hydrogen-bond acceptors (Lipinski definition) is 5. The van der Waals surface area contributed by atoms with Gasteiger partial charge in [0.25, 0.3) is 5.91 Å². The molecule has 0 aromatic heterocycles. The molecule has 2 heterocycles. The van der Waals surface area contributed by atoms with Crippen molar-refractivity contribution in [3.63, 3.8) is 0 Å². The van der Waals surface area contributed by atoms with Gasteiger partial charge >= 0.3 is 6.03 Å². The number of hydrogen-bond donors (Lipinski definition) is 1. The van der Waals surface area contributed by atoms with E-state index in [-0.39, 0.29) is 41.9 Å². The molecule has 1 saturated carbocycles. The first-order valence-corrected chi connectivity index (χ1v) is 12.4. The fraction of sp³-hybridized carbons (Fsp3) is 0.571. The van der Waals surface area contributed by atoms with Crippen molar-refractivity contribution in [1.29, 1.82) is 0 Å². The second-order valence-corrected chi connectivity index (χ2v) is 11.1. The molecular weight excluding hydrogens is 406 g/mol. The lowest BCUT2D eigenvalue weighted by Gasteiger charge is -2.33. The van der Waals surface area contributed by atoms with Crippen molar-refractivity contribution in [2.24, 2.45) is 0 Å². The van der Waals surface area contributed by atoms with Gasteiger partial charge < -0.3 is 10.2 Å². The van der Waals surface area contributed by atoms with Crippen LogP contribution in [0.5, 0.6) is 0 Å². The van der Waals surface area contributed by atoms with Crippen LogP contribution in [0.25, 0.3) is 0 Å². The first kappa shape index (κ1) is 19.5. The Morgan fingerprint density at radius 1 is 1.17 bits per heavy atom. The molecule has 0 unspecified atom stereocenters. The molecule has 1 aromatic carbocycles. The van der Waals surface area contributed by atoms with Crippen LogP contribution in [-0.4, -0.2) is 66.2 Å². The van der Waals surface area contributed by atoms with Crippen LogP contribution >= 0.6 is 0 Å². The molecule has 2 atom stereocenters. The molecule has 160 valence electrons. The third kappa shape index (κ3) is 3.10. The van der Waals surface area contributed by atoms with E-state index in [1.54, 1.807) is 4.90 Å². The molecular formula is C21H25N3O5S. The quantitative estimate of drug-likeness (QED) is 0.715. The van der Waals surface area contributed by atoms with E-state index in [0.29, 0.717) is 12.8 Å². The van der Waals surface area contributed by atoms with Crippen LogP contribution < -0.4 is 5.32 Å². The number of amides is 4. The first-order chi connectivity index (χ1) is 14.3. The average molecular weight is 432 g/mol. The molecule has 4 amide bonds. The van der Waals surface area contributed by atoms with Crippen molar-refractivity contribution in [3.8, 4) is 0 Å². The number of nitrogens with one attached hydrogen (secondary N) is 1. The average Bonchev–Trinajstić information content (AvgIpc) is 3.43. The van der Waals surface area contributed by atoms with E-state index >= 15 is 0 Å². The van der Waals surface area contributed by atoms with E-state index in [1.165, 1.54) is 0 Å². The minimum Gasteiger partial charge on any atom is -0.334 e. The molecule has 2 aliphatic heterocycles. The number of nitrogens with zero attached hydrogens (tertiary/aromatic N) is 2. The zero-order valence-corrected chi connectivity index (χ0v) is 17.5. The number of carbonyl (C=O) groups is 3. The van der Waals surface area contributed by atoms with Gasteiger partial charge in [0, 0.05) is 12.1 Å². The Morgan fingerprint density at radius 2 is 1.93 bits per heavy atom. The number of imide groups is 1. The summed E-state index contributed by atoms with van der Waals surface area (Å²) in [4.78, 5) is 42.0. The Hall–Kier alpha value is -2.42. The van der Waals surface area contributed by atoms with E-state index in [1.807, 2.05) is 24.3 Å². The molecule has 1 spiro atoms. The maximum absolute atomic E-state index is 13.4. The summed E-state index contributed by atoms with van der Waals surface area (Å²) in [5.41, 5.74) is 0.750. The van der Waals surface area contributed by atoms with Gasteiger partial charge in [-0.05, 0) is 49.7 Å².